The van der Waals surface area contributed by atoms with E-state index in [1.165, 1.54) is 6.92 Å². The second kappa shape index (κ2) is 4.79. The molecule has 0 unspecified atom stereocenters. The molecule has 4 heteroatoms. The van der Waals surface area contributed by atoms with E-state index in [4.69, 9.17) is 9.47 Å². The van der Waals surface area contributed by atoms with E-state index in [2.05, 4.69) is 0 Å². The molecule has 0 heterocycles. The van der Waals surface area contributed by atoms with Crippen LogP contribution in [-0.2, 0) is 19.1 Å². The molecule has 4 nitrogen and oxygen atoms in total. The number of ether oxygens (including phenoxy) is 2. The third kappa shape index (κ3) is 2.58. The van der Waals surface area contributed by atoms with Gasteiger partial charge in [0.1, 0.15) is 6.10 Å². The largest absolute Gasteiger partial charge is 0.463 e. The molecule has 0 saturated carbocycles. The first-order valence-electron chi connectivity index (χ1n) is 4.69. The van der Waals surface area contributed by atoms with Gasteiger partial charge in [-0.15, -0.1) is 0 Å². The van der Waals surface area contributed by atoms with Crippen molar-refractivity contribution in [2.24, 2.45) is 0 Å². The topological polar surface area (TPSA) is 52.6 Å². The highest BCUT2D eigenvalue weighted by atomic mass is 16.6. The Labute approximate surface area is 82.9 Å². The number of carbonyl (C=O) groups is 2. The second-order valence-electron chi connectivity index (χ2n) is 3.06. The van der Waals surface area contributed by atoms with Crippen LogP contribution in [0.1, 0.15) is 26.7 Å². The maximum atomic E-state index is 11.4. The van der Waals surface area contributed by atoms with Crippen molar-refractivity contribution in [3.63, 3.8) is 0 Å². The van der Waals surface area contributed by atoms with Crippen molar-refractivity contribution in [1.82, 2.24) is 0 Å². The third-order valence-electron chi connectivity index (χ3n) is 1.96. The molecule has 0 spiro atoms. The zero-order valence-corrected chi connectivity index (χ0v) is 8.41. The first-order chi connectivity index (χ1) is 6.65. The van der Waals surface area contributed by atoms with E-state index in [0.717, 1.165) is 6.42 Å². The summed E-state index contributed by atoms with van der Waals surface area (Å²) in [7, 11) is 0. The van der Waals surface area contributed by atoms with Crippen LogP contribution in [0.2, 0.25) is 0 Å². The van der Waals surface area contributed by atoms with Crippen LogP contribution in [0, 0.1) is 0 Å². The van der Waals surface area contributed by atoms with Crippen molar-refractivity contribution in [1.29, 1.82) is 0 Å². The maximum Gasteiger partial charge on any atom is 0.337 e. The molecule has 1 atom stereocenters. The number of carbonyl (C=O) groups excluding carboxylic acids is 2. The quantitative estimate of drug-likeness (QED) is 0.639. The molecule has 14 heavy (non-hydrogen) atoms. The van der Waals surface area contributed by atoms with Gasteiger partial charge in [0.15, 0.2) is 0 Å². The van der Waals surface area contributed by atoms with E-state index in [1.807, 2.05) is 0 Å². The minimum Gasteiger partial charge on any atom is -0.463 e. The Morgan fingerprint density at radius 2 is 2.29 bits per heavy atom. The van der Waals surface area contributed by atoms with Gasteiger partial charge in [-0.1, -0.05) is 6.08 Å². The number of hydrogen-bond acceptors (Lipinski definition) is 4. The Morgan fingerprint density at radius 3 is 2.86 bits per heavy atom. The van der Waals surface area contributed by atoms with Gasteiger partial charge in [0.25, 0.3) is 0 Å². The van der Waals surface area contributed by atoms with Crippen molar-refractivity contribution < 1.29 is 19.1 Å². The van der Waals surface area contributed by atoms with Crippen molar-refractivity contribution in [2.45, 2.75) is 32.8 Å². The van der Waals surface area contributed by atoms with Crippen molar-refractivity contribution in [3.05, 3.63) is 11.6 Å². The van der Waals surface area contributed by atoms with Crippen molar-refractivity contribution >= 4 is 11.9 Å². The predicted octanol–water partition coefficient (Wildman–Crippen LogP) is 1.20. The summed E-state index contributed by atoms with van der Waals surface area (Å²) in [6.45, 7) is 3.41. The molecule has 78 valence electrons. The Kier molecular flexibility index (Phi) is 3.68. The molecule has 0 aromatic rings. The summed E-state index contributed by atoms with van der Waals surface area (Å²) in [5.41, 5.74) is 0.474. The van der Waals surface area contributed by atoms with Crippen LogP contribution in [0.25, 0.3) is 0 Å². The fourth-order valence-corrected chi connectivity index (χ4v) is 1.43. The summed E-state index contributed by atoms with van der Waals surface area (Å²) in [6.07, 6.45) is 2.79. The highest BCUT2D eigenvalue weighted by molar-refractivity contribution is 5.90. The molecule has 0 aromatic heterocycles. The number of allylic oxidation sites excluding steroid dienone is 1. The third-order valence-corrected chi connectivity index (χ3v) is 1.96. The van der Waals surface area contributed by atoms with Gasteiger partial charge in [-0.05, 0) is 19.8 Å². The summed E-state index contributed by atoms with van der Waals surface area (Å²) in [4.78, 5) is 22.1. The smallest absolute Gasteiger partial charge is 0.337 e. The van der Waals surface area contributed by atoms with Crippen LogP contribution in [0.15, 0.2) is 11.6 Å². The Balaban J connectivity index is 2.58. The molecule has 1 aliphatic carbocycles. The van der Waals surface area contributed by atoms with Gasteiger partial charge >= 0.3 is 11.9 Å². The van der Waals surface area contributed by atoms with Crippen LogP contribution in [-0.4, -0.2) is 24.6 Å². The summed E-state index contributed by atoms with van der Waals surface area (Å²) in [5.74, 6) is -0.747. The van der Waals surface area contributed by atoms with Crippen LogP contribution < -0.4 is 0 Å². The Bertz CT molecular complexity index is 267. The highest BCUT2D eigenvalue weighted by Crippen LogP contribution is 2.23. The van der Waals surface area contributed by atoms with Crippen LogP contribution in [0.4, 0.5) is 0 Å². The number of esters is 2. The Morgan fingerprint density at radius 1 is 1.57 bits per heavy atom. The van der Waals surface area contributed by atoms with E-state index in [0.29, 0.717) is 18.6 Å². The van der Waals surface area contributed by atoms with E-state index < -0.39 is 6.10 Å². The average molecular weight is 198 g/mol. The normalized spacial score (nSPS) is 20.1. The van der Waals surface area contributed by atoms with Crippen LogP contribution >= 0.6 is 0 Å². The van der Waals surface area contributed by atoms with Crippen LogP contribution in [0.5, 0.6) is 0 Å². The Hall–Kier alpha value is -1.32. The first kappa shape index (κ1) is 10.8. The minimum atomic E-state index is -0.411. The monoisotopic (exact) mass is 198 g/mol. The molecule has 1 rings (SSSR count). The van der Waals surface area contributed by atoms with Crippen molar-refractivity contribution in [3.8, 4) is 0 Å². The SMILES string of the molecule is CCOC(=O)C1=CCC[C@H]1OC(C)=O. The summed E-state index contributed by atoms with van der Waals surface area (Å²) in [6, 6.07) is 0. The van der Waals surface area contributed by atoms with Gasteiger partial charge in [-0.2, -0.15) is 0 Å². The van der Waals surface area contributed by atoms with Gasteiger partial charge < -0.3 is 9.47 Å². The molecule has 0 fully saturated rings. The molecule has 0 radical (unpaired) electrons. The van der Waals surface area contributed by atoms with E-state index >= 15 is 0 Å². The lowest BCUT2D eigenvalue weighted by Crippen LogP contribution is -2.22. The lowest BCUT2D eigenvalue weighted by molar-refractivity contribution is -0.147. The lowest BCUT2D eigenvalue weighted by atomic mass is 10.2. The summed E-state index contributed by atoms with van der Waals surface area (Å²) in [5, 5.41) is 0. The summed E-state index contributed by atoms with van der Waals surface area (Å²) < 4.78 is 9.82. The standard InChI is InChI=1S/C10H14O4/c1-3-13-10(12)8-5-4-6-9(8)14-7(2)11/h5,9H,3-4,6H2,1-2H3/t9-/m1/s1. The van der Waals surface area contributed by atoms with Crippen LogP contribution in [0.3, 0.4) is 0 Å². The number of hydrogen-bond donors (Lipinski definition) is 0. The lowest BCUT2D eigenvalue weighted by Gasteiger charge is -2.13. The summed E-state index contributed by atoms with van der Waals surface area (Å²) >= 11 is 0. The van der Waals surface area contributed by atoms with Gasteiger partial charge in [-0.3, -0.25) is 4.79 Å². The molecular formula is C10H14O4. The number of rotatable bonds is 3. The molecule has 1 aliphatic rings. The van der Waals surface area contributed by atoms with Gasteiger partial charge in [0.2, 0.25) is 0 Å². The maximum absolute atomic E-state index is 11.4. The molecule has 0 aromatic carbocycles. The highest BCUT2D eigenvalue weighted by Gasteiger charge is 2.28. The zero-order chi connectivity index (χ0) is 10.6. The predicted molar refractivity (Wildman–Crippen MR) is 49.5 cm³/mol. The van der Waals surface area contributed by atoms with E-state index in [-0.39, 0.29) is 11.9 Å². The fourth-order valence-electron chi connectivity index (χ4n) is 1.43. The molecule has 0 N–H and O–H groups in total. The molecular weight excluding hydrogens is 184 g/mol. The van der Waals surface area contributed by atoms with Gasteiger partial charge in [0, 0.05) is 6.92 Å². The van der Waals surface area contributed by atoms with Crippen molar-refractivity contribution in [2.75, 3.05) is 6.61 Å². The molecule has 0 aliphatic heterocycles. The molecule has 0 saturated heterocycles. The zero-order valence-electron chi connectivity index (χ0n) is 8.41. The second-order valence-corrected chi connectivity index (χ2v) is 3.06. The minimum absolute atomic E-state index is 0.336. The van der Waals surface area contributed by atoms with E-state index in [9.17, 15) is 9.59 Å². The average Bonchev–Trinajstić information content (AvgIpc) is 2.51. The van der Waals surface area contributed by atoms with E-state index in [1.54, 1.807) is 13.0 Å². The first-order valence-corrected chi connectivity index (χ1v) is 4.69. The van der Waals surface area contributed by atoms with Gasteiger partial charge in [-0.25, -0.2) is 4.79 Å². The molecule has 0 bridgehead atoms. The van der Waals surface area contributed by atoms with Gasteiger partial charge in [0.05, 0.1) is 12.2 Å². The fraction of sp³-hybridized carbons (Fsp3) is 0.600. The molecule has 0 amide bonds.